The van der Waals surface area contributed by atoms with Gasteiger partial charge >= 0.3 is 0 Å². The molecule has 0 aromatic heterocycles. The average Bonchev–Trinajstić information content (AvgIpc) is 2.84. The number of hydrogen-bond acceptors (Lipinski definition) is 5. The van der Waals surface area contributed by atoms with Crippen LogP contribution in [-0.4, -0.2) is 41.7 Å². The van der Waals surface area contributed by atoms with Gasteiger partial charge in [-0.2, -0.15) is 0 Å². The molecule has 0 fully saturated rings. The van der Waals surface area contributed by atoms with Crippen LogP contribution in [0.25, 0.3) is 11.1 Å². The first-order chi connectivity index (χ1) is 16.4. The molecule has 0 aliphatic rings. The van der Waals surface area contributed by atoms with Crippen molar-refractivity contribution in [3.8, 4) is 17.2 Å². The fourth-order valence-corrected chi connectivity index (χ4v) is 3.89. The van der Waals surface area contributed by atoms with Gasteiger partial charge in [0.2, 0.25) is 0 Å². The second kappa shape index (κ2) is 11.7. The van der Waals surface area contributed by atoms with E-state index in [1.807, 2.05) is 42.5 Å². The molecule has 0 saturated heterocycles. The van der Waals surface area contributed by atoms with Gasteiger partial charge in [0.05, 0.1) is 19.8 Å². The molecule has 0 saturated carbocycles. The first kappa shape index (κ1) is 25.3. The molecule has 5 heteroatoms. The molecule has 0 unspecified atom stereocenters. The minimum atomic E-state index is -0.187. The zero-order chi connectivity index (χ0) is 24.6. The van der Waals surface area contributed by atoms with E-state index in [9.17, 15) is 10.2 Å². The predicted molar refractivity (Wildman–Crippen MR) is 136 cm³/mol. The highest BCUT2D eigenvalue weighted by molar-refractivity contribution is 6.00. The maximum Gasteiger partial charge on any atom is 0.120 e. The van der Waals surface area contributed by atoms with Crippen molar-refractivity contribution in [3.63, 3.8) is 0 Å². The Morgan fingerprint density at radius 2 is 1.35 bits per heavy atom. The Morgan fingerprint density at radius 3 is 1.88 bits per heavy atom. The van der Waals surface area contributed by atoms with Gasteiger partial charge in [-0.15, -0.1) is 0 Å². The summed E-state index contributed by atoms with van der Waals surface area (Å²) < 4.78 is 11.2. The summed E-state index contributed by atoms with van der Waals surface area (Å²) in [6.45, 7) is 7.70. The standard InChI is InChI=1S/C29H34O5/c1-4-29(2,3)28(23-6-5-7-26(20-23)34-19-18-33-17-16-30)27(21-8-12-24(31)13-9-21)22-10-14-25(32)15-11-22/h5-15,20,30-32H,4,16-19H2,1-3H3. The van der Waals surface area contributed by atoms with Crippen molar-refractivity contribution in [2.75, 3.05) is 26.4 Å². The number of allylic oxidation sites excluding steroid dienone is 1. The highest BCUT2D eigenvalue weighted by atomic mass is 16.5. The number of ether oxygens (including phenoxy) is 2. The van der Waals surface area contributed by atoms with Gasteiger partial charge in [0, 0.05) is 0 Å². The fourth-order valence-electron chi connectivity index (χ4n) is 3.89. The largest absolute Gasteiger partial charge is 0.508 e. The lowest BCUT2D eigenvalue weighted by Gasteiger charge is -2.31. The van der Waals surface area contributed by atoms with Gasteiger partial charge in [-0.05, 0) is 76.1 Å². The molecule has 3 rings (SSSR count). The molecule has 3 aromatic rings. The number of phenolic OH excluding ortho intramolecular Hbond substituents is 2. The number of hydrogen-bond donors (Lipinski definition) is 3. The summed E-state index contributed by atoms with van der Waals surface area (Å²) in [6, 6.07) is 22.5. The Balaban J connectivity index is 2.16. The molecule has 34 heavy (non-hydrogen) atoms. The summed E-state index contributed by atoms with van der Waals surface area (Å²) in [4.78, 5) is 0. The van der Waals surface area contributed by atoms with Crippen molar-refractivity contribution < 1.29 is 24.8 Å². The molecule has 0 aliphatic heterocycles. The van der Waals surface area contributed by atoms with Crippen LogP contribution in [0.2, 0.25) is 0 Å². The SMILES string of the molecule is CCC(C)(C)C(=C(c1ccc(O)cc1)c1ccc(O)cc1)c1cccc(OCCOCCO)c1. The number of rotatable bonds is 11. The zero-order valence-electron chi connectivity index (χ0n) is 20.1. The molecular weight excluding hydrogens is 428 g/mol. The quantitative estimate of drug-likeness (QED) is 0.245. The van der Waals surface area contributed by atoms with Gasteiger partial charge in [-0.3, -0.25) is 0 Å². The molecule has 5 nitrogen and oxygen atoms in total. The second-order valence-electron chi connectivity index (χ2n) is 8.79. The highest BCUT2D eigenvalue weighted by Gasteiger charge is 2.28. The maximum absolute atomic E-state index is 9.89. The van der Waals surface area contributed by atoms with E-state index in [1.165, 1.54) is 0 Å². The minimum absolute atomic E-state index is 0.00691. The van der Waals surface area contributed by atoms with Gasteiger partial charge < -0.3 is 24.8 Å². The fraction of sp³-hybridized carbons (Fsp3) is 0.310. The second-order valence-corrected chi connectivity index (χ2v) is 8.79. The van der Waals surface area contributed by atoms with Gasteiger partial charge in [0.1, 0.15) is 23.9 Å². The van der Waals surface area contributed by atoms with Crippen molar-refractivity contribution in [1.29, 1.82) is 0 Å². The van der Waals surface area contributed by atoms with Crippen LogP contribution in [0, 0.1) is 5.41 Å². The van der Waals surface area contributed by atoms with Crippen LogP contribution < -0.4 is 4.74 Å². The van der Waals surface area contributed by atoms with Crippen molar-refractivity contribution in [2.45, 2.75) is 27.2 Å². The Labute approximate surface area is 201 Å². The zero-order valence-corrected chi connectivity index (χ0v) is 20.1. The molecular formula is C29H34O5. The van der Waals surface area contributed by atoms with E-state index in [-0.39, 0.29) is 23.5 Å². The van der Waals surface area contributed by atoms with Crippen LogP contribution in [0.3, 0.4) is 0 Å². The summed E-state index contributed by atoms with van der Waals surface area (Å²) in [7, 11) is 0. The highest BCUT2D eigenvalue weighted by Crippen LogP contribution is 2.46. The lowest BCUT2D eigenvalue weighted by molar-refractivity contribution is 0.0705. The predicted octanol–water partition coefficient (Wildman–Crippen LogP) is 5.88. The van der Waals surface area contributed by atoms with Crippen molar-refractivity contribution >= 4 is 11.1 Å². The molecule has 0 atom stereocenters. The number of aliphatic hydroxyl groups excluding tert-OH is 1. The van der Waals surface area contributed by atoms with E-state index in [2.05, 4.69) is 26.8 Å². The van der Waals surface area contributed by atoms with E-state index in [0.717, 1.165) is 40.0 Å². The molecule has 180 valence electrons. The molecule has 3 N–H and O–H groups in total. The number of benzene rings is 3. The first-order valence-electron chi connectivity index (χ1n) is 11.6. The smallest absolute Gasteiger partial charge is 0.120 e. The van der Waals surface area contributed by atoms with E-state index in [4.69, 9.17) is 14.6 Å². The van der Waals surface area contributed by atoms with Gasteiger partial charge in [0.15, 0.2) is 0 Å². The van der Waals surface area contributed by atoms with Crippen molar-refractivity contribution in [3.05, 3.63) is 89.5 Å². The normalized spacial score (nSPS) is 11.3. The van der Waals surface area contributed by atoms with Crippen LogP contribution in [0.5, 0.6) is 17.2 Å². The van der Waals surface area contributed by atoms with Crippen molar-refractivity contribution in [2.24, 2.45) is 5.41 Å². The van der Waals surface area contributed by atoms with Crippen LogP contribution in [0.4, 0.5) is 0 Å². The van der Waals surface area contributed by atoms with Crippen LogP contribution >= 0.6 is 0 Å². The molecule has 0 spiro atoms. The number of aromatic hydroxyl groups is 2. The third-order valence-electron chi connectivity index (χ3n) is 5.98. The molecule has 0 radical (unpaired) electrons. The average molecular weight is 463 g/mol. The van der Waals surface area contributed by atoms with E-state index >= 15 is 0 Å². The molecule has 0 heterocycles. The number of aliphatic hydroxyl groups is 1. The lowest BCUT2D eigenvalue weighted by atomic mass is 9.73. The first-order valence-corrected chi connectivity index (χ1v) is 11.6. The summed E-state index contributed by atoms with van der Waals surface area (Å²) in [5.41, 5.74) is 4.99. The third kappa shape index (κ3) is 6.40. The van der Waals surface area contributed by atoms with Crippen LogP contribution in [-0.2, 0) is 4.74 Å². The summed E-state index contributed by atoms with van der Waals surface area (Å²) >= 11 is 0. The molecule has 0 aliphatic carbocycles. The van der Waals surface area contributed by atoms with E-state index in [0.29, 0.717) is 19.8 Å². The van der Waals surface area contributed by atoms with E-state index in [1.54, 1.807) is 24.3 Å². The topological polar surface area (TPSA) is 79.2 Å². The van der Waals surface area contributed by atoms with Gasteiger partial charge in [0.25, 0.3) is 0 Å². The van der Waals surface area contributed by atoms with Gasteiger partial charge in [-0.1, -0.05) is 57.2 Å². The summed E-state index contributed by atoms with van der Waals surface area (Å²) in [5, 5.41) is 28.6. The van der Waals surface area contributed by atoms with Crippen LogP contribution in [0.15, 0.2) is 72.8 Å². The van der Waals surface area contributed by atoms with E-state index < -0.39 is 0 Å². The summed E-state index contributed by atoms with van der Waals surface area (Å²) in [6.07, 6.45) is 0.905. The Hall–Kier alpha value is -3.28. The van der Waals surface area contributed by atoms with Gasteiger partial charge in [-0.25, -0.2) is 0 Å². The van der Waals surface area contributed by atoms with Crippen molar-refractivity contribution in [1.82, 2.24) is 0 Å². The monoisotopic (exact) mass is 462 g/mol. The van der Waals surface area contributed by atoms with Crippen LogP contribution in [0.1, 0.15) is 43.9 Å². The summed E-state index contributed by atoms with van der Waals surface area (Å²) in [5.74, 6) is 1.16. The lowest BCUT2D eigenvalue weighted by Crippen LogP contribution is -2.15. The molecule has 0 bridgehead atoms. The maximum atomic E-state index is 9.89. The Morgan fingerprint density at radius 1 is 0.765 bits per heavy atom. The number of phenols is 2. The Kier molecular flexibility index (Phi) is 8.74. The minimum Gasteiger partial charge on any atom is -0.508 e. The molecule has 0 amide bonds. The Bertz CT molecular complexity index is 1030. The molecule has 3 aromatic carbocycles. The third-order valence-corrected chi connectivity index (χ3v) is 5.98.